The van der Waals surface area contributed by atoms with Crippen LogP contribution in [0, 0.1) is 5.41 Å². The molecule has 0 aliphatic rings. The molecule has 0 aromatic rings. The minimum absolute atomic E-state index is 0.0290. The molecule has 0 radical (unpaired) electrons. The zero-order valence-electron chi connectivity index (χ0n) is 10.5. The van der Waals surface area contributed by atoms with E-state index in [1.54, 1.807) is 0 Å². The average molecular weight is 232 g/mol. The van der Waals surface area contributed by atoms with Gasteiger partial charge in [0, 0.05) is 13.2 Å². The molecule has 0 heterocycles. The number of aliphatic hydroxyl groups excluding tert-OH is 1. The van der Waals surface area contributed by atoms with E-state index >= 15 is 0 Å². The van der Waals surface area contributed by atoms with Crippen LogP contribution in [-0.4, -0.2) is 43.4 Å². The number of carbonyl (C=O) groups is 1. The molecule has 5 heteroatoms. The first-order chi connectivity index (χ1) is 7.39. The van der Waals surface area contributed by atoms with Gasteiger partial charge in [-0.25, -0.2) is 0 Å². The molecule has 0 rings (SSSR count). The van der Waals surface area contributed by atoms with Gasteiger partial charge in [0.15, 0.2) is 0 Å². The maximum absolute atomic E-state index is 11.6. The molecule has 0 aromatic heterocycles. The summed E-state index contributed by atoms with van der Waals surface area (Å²) in [6.07, 6.45) is 0.725. The number of amides is 1. The molecule has 0 saturated heterocycles. The second-order valence-corrected chi connectivity index (χ2v) is 4.82. The first-order valence-electron chi connectivity index (χ1n) is 5.61. The van der Waals surface area contributed by atoms with Gasteiger partial charge in [-0.15, -0.1) is 0 Å². The van der Waals surface area contributed by atoms with Gasteiger partial charge in [-0.05, 0) is 11.8 Å². The second kappa shape index (κ2) is 7.60. The average Bonchev–Trinajstić information content (AvgIpc) is 2.20. The van der Waals surface area contributed by atoms with Crippen molar-refractivity contribution in [3.63, 3.8) is 0 Å². The summed E-state index contributed by atoms with van der Waals surface area (Å²) >= 11 is 0. The first kappa shape index (κ1) is 15.3. The quantitative estimate of drug-likeness (QED) is 0.534. The Labute approximate surface area is 97.3 Å². The zero-order valence-corrected chi connectivity index (χ0v) is 10.5. The van der Waals surface area contributed by atoms with Crippen molar-refractivity contribution in [2.24, 2.45) is 11.1 Å². The molecule has 16 heavy (non-hydrogen) atoms. The lowest BCUT2D eigenvalue weighted by Crippen LogP contribution is -2.48. The van der Waals surface area contributed by atoms with Gasteiger partial charge >= 0.3 is 0 Å². The predicted molar refractivity (Wildman–Crippen MR) is 63.0 cm³/mol. The van der Waals surface area contributed by atoms with Gasteiger partial charge in [-0.2, -0.15) is 0 Å². The third-order valence-corrected chi connectivity index (χ3v) is 2.22. The maximum atomic E-state index is 11.6. The molecule has 4 N–H and O–H groups in total. The fourth-order valence-corrected chi connectivity index (χ4v) is 1.06. The summed E-state index contributed by atoms with van der Waals surface area (Å²) in [5.41, 5.74) is 5.56. The number of hydrogen-bond acceptors (Lipinski definition) is 4. The Morgan fingerprint density at radius 1 is 1.44 bits per heavy atom. The minimum Gasteiger partial charge on any atom is -0.394 e. The van der Waals surface area contributed by atoms with Crippen LogP contribution in [0.2, 0.25) is 0 Å². The highest BCUT2D eigenvalue weighted by atomic mass is 16.5. The van der Waals surface area contributed by atoms with Crippen molar-refractivity contribution in [1.82, 2.24) is 5.32 Å². The molecule has 0 fully saturated rings. The second-order valence-electron chi connectivity index (χ2n) is 4.82. The van der Waals surface area contributed by atoms with Gasteiger partial charge in [0.05, 0.1) is 19.3 Å². The summed E-state index contributed by atoms with van der Waals surface area (Å²) < 4.78 is 5.06. The van der Waals surface area contributed by atoms with Crippen LogP contribution in [0.4, 0.5) is 0 Å². The van der Waals surface area contributed by atoms with Crippen molar-refractivity contribution in [2.45, 2.75) is 33.2 Å². The Balaban J connectivity index is 3.58. The number of rotatable bonds is 7. The minimum atomic E-state index is -0.495. The molecule has 0 aliphatic heterocycles. The van der Waals surface area contributed by atoms with E-state index < -0.39 is 6.04 Å². The smallest absolute Gasteiger partial charge is 0.237 e. The van der Waals surface area contributed by atoms with Gasteiger partial charge in [-0.1, -0.05) is 20.8 Å². The molecule has 0 unspecified atom stereocenters. The Morgan fingerprint density at radius 3 is 2.56 bits per heavy atom. The van der Waals surface area contributed by atoms with Gasteiger partial charge in [-0.3, -0.25) is 4.79 Å². The summed E-state index contributed by atoms with van der Waals surface area (Å²) in [5.74, 6) is -0.130. The van der Waals surface area contributed by atoms with E-state index in [1.807, 2.05) is 20.8 Å². The fourth-order valence-electron chi connectivity index (χ4n) is 1.06. The highest BCUT2D eigenvalue weighted by Gasteiger charge is 2.26. The summed E-state index contributed by atoms with van der Waals surface area (Å²) in [6, 6.07) is -0.495. The SMILES string of the molecule is CC(C)(C)[C@H](N)C(=O)NCCCOCCO. The van der Waals surface area contributed by atoms with E-state index in [0.717, 1.165) is 6.42 Å². The molecule has 1 amide bonds. The lowest BCUT2D eigenvalue weighted by molar-refractivity contribution is -0.124. The summed E-state index contributed by atoms with van der Waals surface area (Å²) in [5, 5.41) is 11.2. The molecule has 0 saturated carbocycles. The molecule has 5 nitrogen and oxygen atoms in total. The van der Waals surface area contributed by atoms with Crippen LogP contribution in [0.15, 0.2) is 0 Å². The van der Waals surface area contributed by atoms with Gasteiger partial charge in [0.1, 0.15) is 0 Å². The molecule has 0 aliphatic carbocycles. The van der Waals surface area contributed by atoms with Crippen molar-refractivity contribution in [2.75, 3.05) is 26.4 Å². The molecule has 1 atom stereocenters. The van der Waals surface area contributed by atoms with E-state index in [1.165, 1.54) is 0 Å². The molecular formula is C11H24N2O3. The third-order valence-electron chi connectivity index (χ3n) is 2.22. The van der Waals surface area contributed by atoms with E-state index in [0.29, 0.717) is 19.8 Å². The number of ether oxygens (including phenoxy) is 1. The Kier molecular flexibility index (Phi) is 7.29. The number of hydrogen-bond donors (Lipinski definition) is 3. The Bertz CT molecular complexity index is 202. The van der Waals surface area contributed by atoms with Crippen molar-refractivity contribution in [1.29, 1.82) is 0 Å². The summed E-state index contributed by atoms with van der Waals surface area (Å²) in [6.45, 7) is 7.25. The summed E-state index contributed by atoms with van der Waals surface area (Å²) in [4.78, 5) is 11.6. The number of carbonyl (C=O) groups excluding carboxylic acids is 1. The van der Waals surface area contributed by atoms with Crippen LogP contribution in [0.5, 0.6) is 0 Å². The van der Waals surface area contributed by atoms with Crippen LogP contribution in [0.1, 0.15) is 27.2 Å². The third kappa shape index (κ3) is 6.76. The highest BCUT2D eigenvalue weighted by molar-refractivity contribution is 5.82. The van der Waals surface area contributed by atoms with Gasteiger partial charge < -0.3 is 20.9 Å². The molecular weight excluding hydrogens is 208 g/mol. The van der Waals surface area contributed by atoms with E-state index in [4.69, 9.17) is 15.6 Å². The normalized spacial score (nSPS) is 13.6. The topological polar surface area (TPSA) is 84.6 Å². The van der Waals surface area contributed by atoms with Crippen molar-refractivity contribution in [3.05, 3.63) is 0 Å². The van der Waals surface area contributed by atoms with Crippen molar-refractivity contribution in [3.8, 4) is 0 Å². The lowest BCUT2D eigenvalue weighted by Gasteiger charge is -2.25. The number of nitrogens with one attached hydrogen (secondary N) is 1. The van der Waals surface area contributed by atoms with Gasteiger partial charge in [0.2, 0.25) is 5.91 Å². The van der Waals surface area contributed by atoms with E-state index in [-0.39, 0.29) is 17.9 Å². The molecule has 0 spiro atoms. The van der Waals surface area contributed by atoms with Crippen LogP contribution in [-0.2, 0) is 9.53 Å². The van der Waals surface area contributed by atoms with Crippen molar-refractivity contribution < 1.29 is 14.6 Å². The number of nitrogens with two attached hydrogens (primary N) is 1. The first-order valence-corrected chi connectivity index (χ1v) is 5.61. The highest BCUT2D eigenvalue weighted by Crippen LogP contribution is 2.16. The van der Waals surface area contributed by atoms with E-state index in [2.05, 4.69) is 5.32 Å². The monoisotopic (exact) mass is 232 g/mol. The molecule has 0 bridgehead atoms. The number of aliphatic hydroxyl groups is 1. The lowest BCUT2D eigenvalue weighted by atomic mass is 9.87. The van der Waals surface area contributed by atoms with Crippen molar-refractivity contribution >= 4 is 5.91 Å². The zero-order chi connectivity index (χ0) is 12.6. The summed E-state index contributed by atoms with van der Waals surface area (Å²) in [7, 11) is 0. The predicted octanol–water partition coefficient (Wildman–Crippen LogP) is -0.125. The fraction of sp³-hybridized carbons (Fsp3) is 0.909. The largest absolute Gasteiger partial charge is 0.394 e. The Hall–Kier alpha value is -0.650. The van der Waals surface area contributed by atoms with Crippen LogP contribution in [0.3, 0.4) is 0 Å². The van der Waals surface area contributed by atoms with Crippen LogP contribution >= 0.6 is 0 Å². The van der Waals surface area contributed by atoms with Gasteiger partial charge in [0.25, 0.3) is 0 Å². The Morgan fingerprint density at radius 2 is 2.06 bits per heavy atom. The molecule has 0 aromatic carbocycles. The van der Waals surface area contributed by atoms with Crippen LogP contribution in [0.25, 0.3) is 0 Å². The molecule has 96 valence electrons. The van der Waals surface area contributed by atoms with E-state index in [9.17, 15) is 4.79 Å². The standard InChI is InChI=1S/C11H24N2O3/c1-11(2,3)9(12)10(15)13-5-4-7-16-8-6-14/h9,14H,4-8,12H2,1-3H3,(H,13,15)/t9-/m1/s1. The maximum Gasteiger partial charge on any atom is 0.237 e. The van der Waals surface area contributed by atoms with Crippen LogP contribution < -0.4 is 11.1 Å².